The molecule has 1 amide bonds. The Morgan fingerprint density at radius 3 is 2.00 bits per heavy atom. The summed E-state index contributed by atoms with van der Waals surface area (Å²) in [6.45, 7) is 0. The van der Waals surface area contributed by atoms with Gasteiger partial charge in [0.15, 0.2) is 0 Å². The van der Waals surface area contributed by atoms with Gasteiger partial charge in [-0.15, -0.1) is 5.10 Å². The van der Waals surface area contributed by atoms with E-state index in [0.717, 1.165) is 11.1 Å². The van der Waals surface area contributed by atoms with Gasteiger partial charge in [0.25, 0.3) is 5.91 Å². The van der Waals surface area contributed by atoms with Crippen molar-refractivity contribution in [2.45, 2.75) is 0 Å². The average Bonchev–Trinajstić information content (AvgIpc) is 2.55. The predicted molar refractivity (Wildman–Crippen MR) is 81.4 cm³/mol. The van der Waals surface area contributed by atoms with Gasteiger partial charge in [0.05, 0.1) is 11.8 Å². The molecular formula is C17H13N3O. The lowest BCUT2D eigenvalue weighted by Crippen LogP contribution is -2.15. The van der Waals surface area contributed by atoms with Crippen molar-refractivity contribution in [3.05, 3.63) is 72.4 Å². The number of nitrogens with zero attached hydrogens (tertiary/aromatic N) is 2. The zero-order valence-corrected chi connectivity index (χ0v) is 11.2. The predicted octanol–water partition coefficient (Wildman–Crippen LogP) is 2.91. The van der Waals surface area contributed by atoms with Crippen molar-refractivity contribution in [3.8, 4) is 22.4 Å². The van der Waals surface area contributed by atoms with Crippen molar-refractivity contribution in [1.29, 1.82) is 0 Å². The number of carbonyl (C=O) groups excluding carboxylic acids is 1. The highest BCUT2D eigenvalue weighted by molar-refractivity contribution is 6.04. The largest absolute Gasteiger partial charge is 0.366 e. The number of hydrogen-bond acceptors (Lipinski definition) is 3. The molecule has 3 aromatic rings. The zero-order valence-electron chi connectivity index (χ0n) is 11.2. The van der Waals surface area contributed by atoms with Gasteiger partial charge in [-0.3, -0.25) is 4.79 Å². The molecule has 0 radical (unpaired) electrons. The Morgan fingerprint density at radius 2 is 1.43 bits per heavy atom. The van der Waals surface area contributed by atoms with Gasteiger partial charge in [-0.25, -0.2) is 0 Å². The van der Waals surface area contributed by atoms with Crippen LogP contribution in [0, 0.1) is 0 Å². The molecule has 0 unspecified atom stereocenters. The summed E-state index contributed by atoms with van der Waals surface area (Å²) in [7, 11) is 0. The van der Waals surface area contributed by atoms with Gasteiger partial charge >= 0.3 is 0 Å². The van der Waals surface area contributed by atoms with Gasteiger partial charge < -0.3 is 5.73 Å². The lowest BCUT2D eigenvalue weighted by atomic mass is 9.97. The van der Waals surface area contributed by atoms with Crippen molar-refractivity contribution >= 4 is 5.91 Å². The van der Waals surface area contributed by atoms with E-state index in [1.54, 1.807) is 6.20 Å². The van der Waals surface area contributed by atoms with Crippen molar-refractivity contribution in [2.24, 2.45) is 5.73 Å². The zero-order chi connectivity index (χ0) is 14.7. The van der Waals surface area contributed by atoms with Gasteiger partial charge in [-0.05, 0) is 5.56 Å². The van der Waals surface area contributed by atoms with E-state index in [-0.39, 0.29) is 0 Å². The molecule has 21 heavy (non-hydrogen) atoms. The van der Waals surface area contributed by atoms with Crippen LogP contribution in [0.25, 0.3) is 22.4 Å². The Bertz CT molecular complexity index is 713. The molecule has 1 heterocycles. The highest BCUT2D eigenvalue weighted by Crippen LogP contribution is 2.29. The van der Waals surface area contributed by atoms with Crippen LogP contribution in [0.5, 0.6) is 0 Å². The van der Waals surface area contributed by atoms with Crippen molar-refractivity contribution in [2.75, 3.05) is 0 Å². The van der Waals surface area contributed by atoms with Crippen LogP contribution in [0.1, 0.15) is 10.4 Å². The van der Waals surface area contributed by atoms with Gasteiger partial charge in [0.2, 0.25) is 0 Å². The fourth-order valence-electron chi connectivity index (χ4n) is 2.27. The molecule has 102 valence electrons. The first-order valence-electron chi connectivity index (χ1n) is 6.53. The van der Waals surface area contributed by atoms with E-state index in [1.165, 1.54) is 0 Å². The summed E-state index contributed by atoms with van der Waals surface area (Å²) >= 11 is 0. The maximum absolute atomic E-state index is 11.9. The van der Waals surface area contributed by atoms with Crippen molar-refractivity contribution in [1.82, 2.24) is 10.2 Å². The molecule has 0 saturated heterocycles. The summed E-state index contributed by atoms with van der Waals surface area (Å²) in [4.78, 5) is 11.9. The molecule has 0 aliphatic heterocycles. The number of benzene rings is 2. The van der Waals surface area contributed by atoms with E-state index >= 15 is 0 Å². The number of hydrogen-bond donors (Lipinski definition) is 1. The minimum atomic E-state index is -0.511. The molecule has 0 saturated carbocycles. The maximum Gasteiger partial charge on any atom is 0.251 e. The number of amides is 1. The van der Waals surface area contributed by atoms with E-state index in [4.69, 9.17) is 5.73 Å². The third-order valence-corrected chi connectivity index (χ3v) is 3.23. The molecule has 0 spiro atoms. The molecule has 4 nitrogen and oxygen atoms in total. The maximum atomic E-state index is 11.9. The van der Waals surface area contributed by atoms with Crippen LogP contribution in [0.3, 0.4) is 0 Å². The van der Waals surface area contributed by atoms with Crippen molar-refractivity contribution < 1.29 is 4.79 Å². The van der Waals surface area contributed by atoms with Crippen LogP contribution in [0.15, 0.2) is 66.9 Å². The molecule has 2 N–H and O–H groups in total. The highest BCUT2D eigenvalue weighted by atomic mass is 16.1. The second kappa shape index (κ2) is 5.54. The van der Waals surface area contributed by atoms with E-state index < -0.39 is 5.91 Å². The fraction of sp³-hybridized carbons (Fsp3) is 0. The summed E-state index contributed by atoms with van der Waals surface area (Å²) in [5.41, 5.74) is 8.87. The number of rotatable bonds is 3. The minimum absolute atomic E-state index is 0.391. The quantitative estimate of drug-likeness (QED) is 0.799. The smallest absolute Gasteiger partial charge is 0.251 e. The molecule has 0 atom stereocenters. The van der Waals surface area contributed by atoms with Crippen LogP contribution in [-0.4, -0.2) is 16.1 Å². The third kappa shape index (κ3) is 2.51. The summed E-state index contributed by atoms with van der Waals surface area (Å²) in [5, 5.41) is 8.13. The van der Waals surface area contributed by atoms with Crippen LogP contribution in [0.2, 0.25) is 0 Å². The van der Waals surface area contributed by atoms with Crippen molar-refractivity contribution in [3.63, 3.8) is 0 Å². The number of aromatic nitrogens is 2. The first-order chi connectivity index (χ1) is 10.3. The average molecular weight is 275 g/mol. The summed E-state index contributed by atoms with van der Waals surface area (Å²) < 4.78 is 0. The Morgan fingerprint density at radius 1 is 0.857 bits per heavy atom. The Hall–Kier alpha value is -3.01. The lowest BCUT2D eigenvalue weighted by Gasteiger charge is -2.10. The molecule has 0 aliphatic rings. The van der Waals surface area contributed by atoms with Crippen LogP contribution >= 0.6 is 0 Å². The Balaban J connectivity index is 2.26. The summed E-state index contributed by atoms with van der Waals surface area (Å²) in [6, 6.07) is 19.0. The van der Waals surface area contributed by atoms with E-state index in [2.05, 4.69) is 10.2 Å². The van der Waals surface area contributed by atoms with Crippen LogP contribution in [0.4, 0.5) is 0 Å². The Kier molecular flexibility index (Phi) is 3.43. The first kappa shape index (κ1) is 13.0. The molecular weight excluding hydrogens is 262 g/mol. The molecule has 0 bridgehead atoms. The SMILES string of the molecule is NC(=O)c1c(-c2ccccc2)cnnc1-c1ccccc1. The lowest BCUT2D eigenvalue weighted by molar-refractivity contribution is 0.100. The van der Waals surface area contributed by atoms with Gasteiger partial charge in [-0.1, -0.05) is 60.7 Å². The molecule has 2 aromatic carbocycles. The van der Waals surface area contributed by atoms with Crippen LogP contribution < -0.4 is 5.73 Å². The number of carbonyl (C=O) groups is 1. The normalized spacial score (nSPS) is 10.3. The Labute approximate surface area is 122 Å². The summed E-state index contributed by atoms with van der Waals surface area (Å²) in [5.74, 6) is -0.511. The highest BCUT2D eigenvalue weighted by Gasteiger charge is 2.18. The van der Waals surface area contributed by atoms with Gasteiger partial charge in [-0.2, -0.15) is 5.10 Å². The molecule has 3 rings (SSSR count). The van der Waals surface area contributed by atoms with E-state index in [9.17, 15) is 4.79 Å². The standard InChI is InChI=1S/C17H13N3O/c18-17(21)15-14(12-7-3-1-4-8-12)11-19-20-16(15)13-9-5-2-6-10-13/h1-11H,(H2,18,21). The molecule has 1 aromatic heterocycles. The monoisotopic (exact) mass is 275 g/mol. The number of nitrogens with two attached hydrogens (primary N) is 1. The summed E-state index contributed by atoms with van der Waals surface area (Å²) in [6.07, 6.45) is 1.57. The topological polar surface area (TPSA) is 68.9 Å². The van der Waals surface area contributed by atoms with Crippen LogP contribution in [-0.2, 0) is 0 Å². The van der Waals surface area contributed by atoms with E-state index in [0.29, 0.717) is 16.8 Å². The molecule has 0 aliphatic carbocycles. The minimum Gasteiger partial charge on any atom is -0.366 e. The fourth-order valence-corrected chi connectivity index (χ4v) is 2.27. The number of primary amides is 1. The molecule has 0 fully saturated rings. The second-order valence-electron chi connectivity index (χ2n) is 4.58. The van der Waals surface area contributed by atoms with Gasteiger partial charge in [0.1, 0.15) is 5.69 Å². The second-order valence-corrected chi connectivity index (χ2v) is 4.58. The van der Waals surface area contributed by atoms with Gasteiger partial charge in [0, 0.05) is 11.1 Å². The molecule has 4 heteroatoms. The first-order valence-corrected chi connectivity index (χ1v) is 6.53. The third-order valence-electron chi connectivity index (χ3n) is 3.23. The van der Waals surface area contributed by atoms with E-state index in [1.807, 2.05) is 60.7 Å².